The quantitative estimate of drug-likeness (QED) is 0.816. The van der Waals surface area contributed by atoms with Crippen LogP contribution in [-0.2, 0) is 0 Å². The number of thioether (sulfide) groups is 1. The SMILES string of the molecule is CCC1CN(c2c(N)cccc2C(N)=O)CCS1. The summed E-state index contributed by atoms with van der Waals surface area (Å²) in [6.45, 7) is 4.02. The predicted molar refractivity (Wildman–Crippen MR) is 78.1 cm³/mol. The molecule has 0 radical (unpaired) electrons. The van der Waals surface area contributed by atoms with Crippen LogP contribution in [0.1, 0.15) is 23.7 Å². The Morgan fingerprint density at radius 1 is 1.56 bits per heavy atom. The number of hydrogen-bond donors (Lipinski definition) is 2. The minimum Gasteiger partial charge on any atom is -0.397 e. The molecule has 5 heteroatoms. The average molecular weight is 265 g/mol. The Morgan fingerprint density at radius 2 is 2.33 bits per heavy atom. The summed E-state index contributed by atoms with van der Waals surface area (Å²) in [6.07, 6.45) is 1.12. The van der Waals surface area contributed by atoms with Crippen molar-refractivity contribution in [2.75, 3.05) is 29.5 Å². The summed E-state index contributed by atoms with van der Waals surface area (Å²) >= 11 is 1.98. The molecular formula is C13H19N3OS. The van der Waals surface area contributed by atoms with Crippen LogP contribution in [0.4, 0.5) is 11.4 Å². The molecule has 18 heavy (non-hydrogen) atoms. The molecule has 1 aromatic carbocycles. The highest BCUT2D eigenvalue weighted by atomic mass is 32.2. The van der Waals surface area contributed by atoms with Gasteiger partial charge in [0.2, 0.25) is 0 Å². The molecule has 98 valence electrons. The summed E-state index contributed by atoms with van der Waals surface area (Å²) in [4.78, 5) is 13.7. The van der Waals surface area contributed by atoms with Crippen LogP contribution in [0.2, 0.25) is 0 Å². The maximum absolute atomic E-state index is 11.5. The fraction of sp³-hybridized carbons (Fsp3) is 0.462. The summed E-state index contributed by atoms with van der Waals surface area (Å²) in [5, 5.41) is 0.596. The Kier molecular flexibility index (Phi) is 4.01. The first-order chi connectivity index (χ1) is 8.63. The number of anilines is 2. The van der Waals surface area contributed by atoms with Gasteiger partial charge in [-0.2, -0.15) is 11.8 Å². The Hall–Kier alpha value is -1.36. The van der Waals surface area contributed by atoms with Gasteiger partial charge in [-0.05, 0) is 18.6 Å². The molecule has 0 saturated carbocycles. The first-order valence-electron chi connectivity index (χ1n) is 6.18. The number of nitrogens with zero attached hydrogens (tertiary/aromatic N) is 1. The number of primary amides is 1. The molecule has 0 bridgehead atoms. The summed E-state index contributed by atoms with van der Waals surface area (Å²) in [5.74, 6) is 0.647. The van der Waals surface area contributed by atoms with Gasteiger partial charge in [0, 0.05) is 24.1 Å². The van der Waals surface area contributed by atoms with E-state index in [0.29, 0.717) is 16.5 Å². The molecule has 1 aromatic rings. The lowest BCUT2D eigenvalue weighted by Crippen LogP contribution is -2.39. The summed E-state index contributed by atoms with van der Waals surface area (Å²) in [7, 11) is 0. The first kappa shape index (κ1) is 13.1. The molecule has 1 aliphatic heterocycles. The molecular weight excluding hydrogens is 246 g/mol. The van der Waals surface area contributed by atoms with Crippen molar-refractivity contribution < 1.29 is 4.79 Å². The van der Waals surface area contributed by atoms with Gasteiger partial charge in [0.25, 0.3) is 5.91 Å². The van der Waals surface area contributed by atoms with Gasteiger partial charge in [0.15, 0.2) is 0 Å². The third kappa shape index (κ3) is 2.56. The van der Waals surface area contributed by atoms with Gasteiger partial charge in [-0.15, -0.1) is 0 Å². The van der Waals surface area contributed by atoms with Crippen molar-refractivity contribution in [3.05, 3.63) is 23.8 Å². The normalized spacial score (nSPS) is 19.8. The number of carbonyl (C=O) groups excluding carboxylic acids is 1. The van der Waals surface area contributed by atoms with Gasteiger partial charge in [0.05, 0.1) is 16.9 Å². The molecule has 4 N–H and O–H groups in total. The number of amides is 1. The molecule has 1 fully saturated rings. The Morgan fingerprint density at radius 3 is 3.00 bits per heavy atom. The van der Waals surface area contributed by atoms with E-state index in [-0.39, 0.29) is 0 Å². The van der Waals surface area contributed by atoms with Crippen molar-refractivity contribution in [3.8, 4) is 0 Å². The highest BCUT2D eigenvalue weighted by molar-refractivity contribution is 8.00. The average Bonchev–Trinajstić information content (AvgIpc) is 2.38. The standard InChI is InChI=1S/C13H19N3OS/c1-2-9-8-16(6-7-18-9)12-10(13(15)17)4-3-5-11(12)14/h3-5,9H,2,6-8,14H2,1H3,(H2,15,17). The lowest BCUT2D eigenvalue weighted by atomic mass is 10.1. The summed E-state index contributed by atoms with van der Waals surface area (Å²) in [5.41, 5.74) is 13.4. The van der Waals surface area contributed by atoms with E-state index in [2.05, 4.69) is 11.8 Å². The minimum atomic E-state index is -0.413. The van der Waals surface area contributed by atoms with Gasteiger partial charge in [0.1, 0.15) is 0 Å². The second-order valence-electron chi connectivity index (χ2n) is 4.45. The fourth-order valence-electron chi connectivity index (χ4n) is 2.28. The first-order valence-corrected chi connectivity index (χ1v) is 7.23. The second-order valence-corrected chi connectivity index (χ2v) is 5.86. The lowest BCUT2D eigenvalue weighted by Gasteiger charge is -2.35. The fourth-order valence-corrected chi connectivity index (χ4v) is 3.46. The van der Waals surface area contributed by atoms with Crippen LogP contribution in [-0.4, -0.2) is 30.0 Å². The topological polar surface area (TPSA) is 72.3 Å². The van der Waals surface area contributed by atoms with Crippen molar-refractivity contribution in [1.82, 2.24) is 0 Å². The van der Waals surface area contributed by atoms with Crippen molar-refractivity contribution >= 4 is 29.0 Å². The number of nitrogens with two attached hydrogens (primary N) is 2. The number of hydrogen-bond acceptors (Lipinski definition) is 4. The number of carbonyl (C=O) groups is 1. The van der Waals surface area contributed by atoms with E-state index < -0.39 is 5.91 Å². The Labute approximate surface area is 112 Å². The molecule has 4 nitrogen and oxygen atoms in total. The van der Waals surface area contributed by atoms with Crippen molar-refractivity contribution in [1.29, 1.82) is 0 Å². The highest BCUT2D eigenvalue weighted by Gasteiger charge is 2.23. The maximum Gasteiger partial charge on any atom is 0.250 e. The Bertz CT molecular complexity index is 450. The van der Waals surface area contributed by atoms with E-state index in [1.807, 2.05) is 17.8 Å². The van der Waals surface area contributed by atoms with Crippen LogP contribution in [0.5, 0.6) is 0 Å². The van der Waals surface area contributed by atoms with Crippen LogP contribution in [0.3, 0.4) is 0 Å². The number of nitrogen functional groups attached to an aromatic ring is 1. The number of benzene rings is 1. The molecule has 1 heterocycles. The molecule has 2 rings (SSSR count). The third-order valence-corrected chi connectivity index (χ3v) is 4.62. The maximum atomic E-state index is 11.5. The van der Waals surface area contributed by atoms with Crippen LogP contribution in [0.25, 0.3) is 0 Å². The molecule has 1 unspecified atom stereocenters. The van der Waals surface area contributed by atoms with Gasteiger partial charge >= 0.3 is 0 Å². The van der Waals surface area contributed by atoms with E-state index in [1.165, 1.54) is 0 Å². The van der Waals surface area contributed by atoms with E-state index in [4.69, 9.17) is 11.5 Å². The zero-order chi connectivity index (χ0) is 13.1. The Balaban J connectivity index is 2.34. The van der Waals surface area contributed by atoms with Gasteiger partial charge in [-0.3, -0.25) is 4.79 Å². The molecule has 1 amide bonds. The van der Waals surface area contributed by atoms with Crippen molar-refractivity contribution in [2.45, 2.75) is 18.6 Å². The van der Waals surface area contributed by atoms with Crippen molar-refractivity contribution in [3.63, 3.8) is 0 Å². The van der Waals surface area contributed by atoms with Crippen LogP contribution < -0.4 is 16.4 Å². The largest absolute Gasteiger partial charge is 0.397 e. The third-order valence-electron chi connectivity index (χ3n) is 3.24. The van der Waals surface area contributed by atoms with Gasteiger partial charge in [-0.1, -0.05) is 13.0 Å². The lowest BCUT2D eigenvalue weighted by molar-refractivity contribution is 0.100. The molecule has 1 aliphatic rings. The molecule has 0 aromatic heterocycles. The monoisotopic (exact) mass is 265 g/mol. The van der Waals surface area contributed by atoms with E-state index in [1.54, 1.807) is 12.1 Å². The molecule has 0 aliphatic carbocycles. The van der Waals surface area contributed by atoms with Gasteiger partial charge in [-0.25, -0.2) is 0 Å². The molecule has 0 spiro atoms. The van der Waals surface area contributed by atoms with Crippen LogP contribution >= 0.6 is 11.8 Å². The zero-order valence-corrected chi connectivity index (χ0v) is 11.4. The molecule has 1 atom stereocenters. The number of rotatable bonds is 3. The smallest absolute Gasteiger partial charge is 0.250 e. The predicted octanol–water partition coefficient (Wildman–Crippen LogP) is 1.70. The van der Waals surface area contributed by atoms with E-state index >= 15 is 0 Å². The summed E-state index contributed by atoms with van der Waals surface area (Å²) in [6, 6.07) is 5.34. The highest BCUT2D eigenvalue weighted by Crippen LogP contribution is 2.32. The summed E-state index contributed by atoms with van der Waals surface area (Å²) < 4.78 is 0. The van der Waals surface area contributed by atoms with Crippen molar-refractivity contribution in [2.24, 2.45) is 5.73 Å². The molecule has 1 saturated heterocycles. The number of para-hydroxylation sites is 1. The zero-order valence-electron chi connectivity index (χ0n) is 10.6. The minimum absolute atomic E-state index is 0.413. The van der Waals surface area contributed by atoms with E-state index in [9.17, 15) is 4.79 Å². The van der Waals surface area contributed by atoms with Crippen LogP contribution in [0, 0.1) is 0 Å². The van der Waals surface area contributed by atoms with E-state index in [0.717, 1.165) is 31.0 Å². The van der Waals surface area contributed by atoms with Gasteiger partial charge < -0.3 is 16.4 Å². The van der Waals surface area contributed by atoms with Crippen LogP contribution in [0.15, 0.2) is 18.2 Å². The second kappa shape index (κ2) is 5.52.